The van der Waals surface area contributed by atoms with Crippen LogP contribution in [-0.2, 0) is 0 Å². The van der Waals surface area contributed by atoms with Crippen molar-refractivity contribution in [2.75, 3.05) is 5.32 Å². The number of carbonyl (C=O) groups is 2. The molecule has 0 spiro atoms. The summed E-state index contributed by atoms with van der Waals surface area (Å²) in [5, 5.41) is 6.66. The zero-order chi connectivity index (χ0) is 20.2. The van der Waals surface area contributed by atoms with Crippen molar-refractivity contribution in [3.63, 3.8) is 0 Å². The third kappa shape index (κ3) is 4.17. The van der Waals surface area contributed by atoms with Gasteiger partial charge in [-0.3, -0.25) is 9.59 Å². The van der Waals surface area contributed by atoms with Gasteiger partial charge in [0.25, 0.3) is 11.8 Å². The number of nitrogens with zero attached hydrogens (tertiary/aromatic N) is 1. The van der Waals surface area contributed by atoms with Crippen LogP contribution in [0.15, 0.2) is 78.9 Å². The van der Waals surface area contributed by atoms with Gasteiger partial charge in [-0.05, 0) is 54.4 Å². The summed E-state index contributed by atoms with van der Waals surface area (Å²) in [6, 6.07) is 24.2. The minimum atomic E-state index is -0.266. The average Bonchev–Trinajstić information content (AvgIpc) is 3.19. The van der Waals surface area contributed by atoms with E-state index in [0.717, 1.165) is 15.6 Å². The first-order valence-corrected chi connectivity index (χ1v) is 10.0. The molecule has 5 nitrogen and oxygen atoms in total. The molecule has 0 saturated heterocycles. The second kappa shape index (κ2) is 8.24. The first-order valence-electron chi connectivity index (χ1n) is 9.23. The van der Waals surface area contributed by atoms with Crippen LogP contribution in [0.25, 0.3) is 10.1 Å². The standard InChI is InChI=1S/C23H19N3O2S/c1-15(16-7-3-2-4-8-16)24-22(27)17-11-13-18(14-12-17)25-23(28)21-19-9-5-6-10-20(19)29-26-21/h2-15H,1H3,(H,24,27)(H,25,28). The van der Waals surface area contributed by atoms with Crippen LogP contribution in [0.3, 0.4) is 0 Å². The number of fused-ring (bicyclic) bond motifs is 1. The van der Waals surface area contributed by atoms with E-state index < -0.39 is 0 Å². The zero-order valence-corrected chi connectivity index (χ0v) is 16.6. The molecule has 0 fully saturated rings. The molecule has 0 radical (unpaired) electrons. The molecule has 0 saturated carbocycles. The van der Waals surface area contributed by atoms with Crippen molar-refractivity contribution in [1.29, 1.82) is 0 Å². The Labute approximate surface area is 172 Å². The lowest BCUT2D eigenvalue weighted by Gasteiger charge is -2.14. The third-order valence-corrected chi connectivity index (χ3v) is 5.47. The molecule has 3 aromatic carbocycles. The molecule has 2 amide bonds. The Morgan fingerprint density at radius 2 is 1.55 bits per heavy atom. The summed E-state index contributed by atoms with van der Waals surface area (Å²) in [5.74, 6) is -0.429. The quantitative estimate of drug-likeness (QED) is 0.492. The van der Waals surface area contributed by atoms with Gasteiger partial charge in [-0.15, -0.1) is 0 Å². The molecule has 2 N–H and O–H groups in total. The number of anilines is 1. The predicted molar refractivity (Wildman–Crippen MR) is 116 cm³/mol. The van der Waals surface area contributed by atoms with E-state index in [2.05, 4.69) is 15.0 Å². The summed E-state index contributed by atoms with van der Waals surface area (Å²) in [5.41, 5.74) is 2.59. The van der Waals surface area contributed by atoms with Crippen molar-refractivity contribution in [1.82, 2.24) is 9.69 Å². The van der Waals surface area contributed by atoms with Crippen molar-refractivity contribution in [2.45, 2.75) is 13.0 Å². The molecular formula is C23H19N3O2S. The highest BCUT2D eigenvalue weighted by Gasteiger charge is 2.15. The largest absolute Gasteiger partial charge is 0.346 e. The monoisotopic (exact) mass is 401 g/mol. The molecule has 4 rings (SSSR count). The zero-order valence-electron chi connectivity index (χ0n) is 15.8. The van der Waals surface area contributed by atoms with Crippen LogP contribution in [0.5, 0.6) is 0 Å². The van der Waals surface area contributed by atoms with Crippen molar-refractivity contribution >= 4 is 39.1 Å². The number of benzene rings is 3. The minimum Gasteiger partial charge on any atom is -0.346 e. The van der Waals surface area contributed by atoms with Crippen LogP contribution in [0.2, 0.25) is 0 Å². The lowest BCUT2D eigenvalue weighted by molar-refractivity contribution is 0.0939. The molecule has 6 heteroatoms. The molecular weight excluding hydrogens is 382 g/mol. The van der Waals surface area contributed by atoms with Crippen molar-refractivity contribution < 1.29 is 9.59 Å². The fraction of sp³-hybridized carbons (Fsp3) is 0.0870. The number of amides is 2. The average molecular weight is 401 g/mol. The van der Waals surface area contributed by atoms with Gasteiger partial charge in [0.2, 0.25) is 0 Å². The predicted octanol–water partition coefficient (Wildman–Crippen LogP) is 5.04. The Balaban J connectivity index is 1.42. The van der Waals surface area contributed by atoms with Crippen LogP contribution in [-0.4, -0.2) is 16.2 Å². The summed E-state index contributed by atoms with van der Waals surface area (Å²) in [6.07, 6.45) is 0. The van der Waals surface area contributed by atoms with Crippen LogP contribution in [0.1, 0.15) is 39.4 Å². The lowest BCUT2D eigenvalue weighted by atomic mass is 10.1. The summed E-state index contributed by atoms with van der Waals surface area (Å²) in [6.45, 7) is 1.94. The molecule has 29 heavy (non-hydrogen) atoms. The third-order valence-electron chi connectivity index (χ3n) is 4.64. The van der Waals surface area contributed by atoms with Crippen LogP contribution in [0.4, 0.5) is 5.69 Å². The topological polar surface area (TPSA) is 71.1 Å². The van der Waals surface area contributed by atoms with Crippen LogP contribution < -0.4 is 10.6 Å². The highest BCUT2D eigenvalue weighted by atomic mass is 32.1. The highest BCUT2D eigenvalue weighted by molar-refractivity contribution is 7.13. The summed E-state index contributed by atoms with van der Waals surface area (Å²) in [7, 11) is 0. The number of nitrogens with one attached hydrogen (secondary N) is 2. The van der Waals surface area contributed by atoms with Crippen LogP contribution in [0, 0.1) is 0 Å². The molecule has 1 unspecified atom stereocenters. The van der Waals surface area contributed by atoms with Crippen molar-refractivity contribution in [3.05, 3.63) is 95.7 Å². The minimum absolute atomic E-state index is 0.0963. The van der Waals surface area contributed by atoms with Gasteiger partial charge in [0.05, 0.1) is 10.7 Å². The number of hydrogen-bond acceptors (Lipinski definition) is 4. The fourth-order valence-corrected chi connectivity index (χ4v) is 3.82. The Morgan fingerprint density at radius 3 is 2.31 bits per heavy atom. The molecule has 1 heterocycles. The first-order chi connectivity index (χ1) is 14.1. The van der Waals surface area contributed by atoms with E-state index in [1.807, 2.05) is 61.5 Å². The first kappa shape index (κ1) is 18.8. The molecule has 0 aliphatic rings. The SMILES string of the molecule is CC(NC(=O)c1ccc(NC(=O)c2nsc3ccccc23)cc1)c1ccccc1. The van der Waals surface area contributed by atoms with E-state index in [-0.39, 0.29) is 17.9 Å². The summed E-state index contributed by atoms with van der Waals surface area (Å²) < 4.78 is 5.23. The number of carbonyl (C=O) groups excluding carboxylic acids is 2. The Morgan fingerprint density at radius 1 is 0.862 bits per heavy atom. The fourth-order valence-electron chi connectivity index (χ4n) is 3.05. The molecule has 1 aromatic heterocycles. The molecule has 0 aliphatic heterocycles. The second-order valence-electron chi connectivity index (χ2n) is 6.66. The summed E-state index contributed by atoms with van der Waals surface area (Å²) in [4.78, 5) is 25.1. The molecule has 0 bridgehead atoms. The van der Waals surface area contributed by atoms with Gasteiger partial charge in [-0.25, -0.2) is 0 Å². The van der Waals surface area contributed by atoms with Gasteiger partial charge >= 0.3 is 0 Å². The van der Waals surface area contributed by atoms with Crippen LogP contribution >= 0.6 is 11.5 Å². The van der Waals surface area contributed by atoms with E-state index in [1.54, 1.807) is 24.3 Å². The normalized spacial score (nSPS) is 11.8. The van der Waals surface area contributed by atoms with Crippen molar-refractivity contribution in [2.24, 2.45) is 0 Å². The number of aromatic nitrogens is 1. The van der Waals surface area contributed by atoms with Gasteiger partial charge in [0.15, 0.2) is 0 Å². The Bertz CT molecular complexity index is 1150. The van der Waals surface area contributed by atoms with E-state index in [4.69, 9.17) is 0 Å². The van der Waals surface area contributed by atoms with E-state index in [9.17, 15) is 9.59 Å². The Hall–Kier alpha value is -3.51. The highest BCUT2D eigenvalue weighted by Crippen LogP contribution is 2.23. The summed E-state index contributed by atoms with van der Waals surface area (Å²) >= 11 is 1.30. The second-order valence-corrected chi connectivity index (χ2v) is 7.47. The number of hydrogen-bond donors (Lipinski definition) is 2. The van der Waals surface area contributed by atoms with E-state index >= 15 is 0 Å². The van der Waals surface area contributed by atoms with Gasteiger partial charge in [-0.2, -0.15) is 4.37 Å². The van der Waals surface area contributed by atoms with Gasteiger partial charge in [0, 0.05) is 16.6 Å². The maximum absolute atomic E-state index is 12.6. The maximum atomic E-state index is 12.6. The van der Waals surface area contributed by atoms with E-state index in [0.29, 0.717) is 16.9 Å². The molecule has 144 valence electrons. The molecule has 1 atom stereocenters. The number of rotatable bonds is 5. The Kier molecular flexibility index (Phi) is 5.35. The molecule has 0 aliphatic carbocycles. The van der Waals surface area contributed by atoms with Gasteiger partial charge in [0.1, 0.15) is 5.69 Å². The molecule has 4 aromatic rings. The lowest BCUT2D eigenvalue weighted by Crippen LogP contribution is -2.26. The van der Waals surface area contributed by atoms with Crippen molar-refractivity contribution in [3.8, 4) is 0 Å². The smallest absolute Gasteiger partial charge is 0.276 e. The van der Waals surface area contributed by atoms with E-state index in [1.165, 1.54) is 11.5 Å². The van der Waals surface area contributed by atoms with Gasteiger partial charge < -0.3 is 10.6 Å². The maximum Gasteiger partial charge on any atom is 0.276 e. The van der Waals surface area contributed by atoms with Gasteiger partial charge in [-0.1, -0.05) is 48.5 Å².